The third-order valence-electron chi connectivity index (χ3n) is 2.59. The Morgan fingerprint density at radius 3 is 2.67 bits per heavy atom. The Bertz CT molecular complexity index is 335. The van der Waals surface area contributed by atoms with Crippen LogP contribution in [0.3, 0.4) is 0 Å². The number of benzene rings is 1. The first-order valence-corrected chi connectivity index (χ1v) is 4.32. The Hall–Kier alpha value is -1.29. The molecule has 12 heavy (non-hydrogen) atoms. The van der Waals surface area contributed by atoms with Gasteiger partial charge >= 0.3 is 0 Å². The minimum absolute atomic E-state index is 0.654. The van der Waals surface area contributed by atoms with Crippen LogP contribution in [0, 0.1) is 17.2 Å². The minimum Gasteiger partial charge on any atom is -0.192 e. The molecule has 0 unspecified atom stereocenters. The maximum absolute atomic E-state index is 8.83. The van der Waals surface area contributed by atoms with E-state index in [2.05, 4.69) is 19.1 Å². The Morgan fingerprint density at radius 2 is 2.08 bits per heavy atom. The fourth-order valence-electron chi connectivity index (χ4n) is 1.68. The molecular weight excluding hydrogens is 146 g/mol. The summed E-state index contributed by atoms with van der Waals surface area (Å²) in [5, 5.41) is 8.83. The molecule has 2 rings (SSSR count). The maximum atomic E-state index is 8.83. The molecule has 0 bridgehead atoms. The van der Waals surface area contributed by atoms with Gasteiger partial charge in [0, 0.05) is 0 Å². The molecule has 0 spiro atoms. The highest BCUT2D eigenvalue weighted by molar-refractivity contribution is 5.42. The van der Waals surface area contributed by atoms with Gasteiger partial charge in [0.1, 0.15) is 0 Å². The molecule has 1 aliphatic carbocycles. The summed E-state index contributed by atoms with van der Waals surface area (Å²) in [5.74, 6) is 1.43. The first-order chi connectivity index (χ1) is 5.83. The molecule has 1 heteroatoms. The third-order valence-corrected chi connectivity index (χ3v) is 2.59. The monoisotopic (exact) mass is 157 g/mol. The molecular formula is C11H11N. The van der Waals surface area contributed by atoms with Gasteiger partial charge in [-0.15, -0.1) is 0 Å². The van der Waals surface area contributed by atoms with Crippen molar-refractivity contribution in [2.45, 2.75) is 19.3 Å². The maximum Gasteiger partial charge on any atom is 0.0994 e. The molecule has 0 amide bonds. The molecule has 0 radical (unpaired) electrons. The van der Waals surface area contributed by atoms with Gasteiger partial charge in [-0.2, -0.15) is 5.26 Å². The summed E-state index contributed by atoms with van der Waals surface area (Å²) in [5.41, 5.74) is 2.10. The van der Waals surface area contributed by atoms with Crippen LogP contribution in [0.4, 0.5) is 0 Å². The highest BCUT2D eigenvalue weighted by Gasteiger charge is 2.35. The van der Waals surface area contributed by atoms with E-state index in [0.29, 0.717) is 5.92 Å². The van der Waals surface area contributed by atoms with Crippen molar-refractivity contribution < 1.29 is 0 Å². The van der Waals surface area contributed by atoms with Crippen LogP contribution in [-0.2, 0) is 0 Å². The molecule has 1 aromatic rings. The first kappa shape index (κ1) is 7.36. The standard InChI is InChI=1S/C11H11N/c1-8-6-11(8)10-5-3-2-4-9(10)7-12/h2-5,8,11H,6H2,1H3/t8-,11-/m0/s1. The smallest absolute Gasteiger partial charge is 0.0994 e. The lowest BCUT2D eigenvalue weighted by atomic mass is 10.0. The van der Waals surface area contributed by atoms with Crippen molar-refractivity contribution in [1.82, 2.24) is 0 Å². The van der Waals surface area contributed by atoms with Gasteiger partial charge in [0.25, 0.3) is 0 Å². The molecule has 1 nitrogen and oxygen atoms in total. The predicted octanol–water partition coefficient (Wildman–Crippen LogP) is 2.68. The Morgan fingerprint density at radius 1 is 1.42 bits per heavy atom. The van der Waals surface area contributed by atoms with E-state index in [9.17, 15) is 0 Å². The van der Waals surface area contributed by atoms with Crippen LogP contribution in [0.1, 0.15) is 30.4 Å². The molecule has 1 fully saturated rings. The number of rotatable bonds is 1. The largest absolute Gasteiger partial charge is 0.192 e. The first-order valence-electron chi connectivity index (χ1n) is 4.32. The summed E-state index contributed by atoms with van der Waals surface area (Å²) in [6.07, 6.45) is 1.25. The lowest BCUT2D eigenvalue weighted by molar-refractivity contribution is 0.912. The van der Waals surface area contributed by atoms with Gasteiger partial charge in [-0.3, -0.25) is 0 Å². The van der Waals surface area contributed by atoms with E-state index < -0.39 is 0 Å². The number of hydrogen-bond donors (Lipinski definition) is 0. The molecule has 1 aromatic carbocycles. The average molecular weight is 157 g/mol. The molecule has 60 valence electrons. The zero-order valence-electron chi connectivity index (χ0n) is 7.12. The van der Waals surface area contributed by atoms with Gasteiger partial charge in [-0.25, -0.2) is 0 Å². The summed E-state index contributed by atoms with van der Waals surface area (Å²) < 4.78 is 0. The van der Waals surface area contributed by atoms with Gasteiger partial charge in [-0.05, 0) is 29.9 Å². The molecule has 0 N–H and O–H groups in total. The lowest BCUT2D eigenvalue weighted by Crippen LogP contribution is -1.86. The second-order valence-corrected chi connectivity index (χ2v) is 3.52. The highest BCUT2D eigenvalue weighted by Crippen LogP contribution is 2.47. The summed E-state index contributed by atoms with van der Waals surface area (Å²) in [4.78, 5) is 0. The van der Waals surface area contributed by atoms with Crippen LogP contribution in [-0.4, -0.2) is 0 Å². The van der Waals surface area contributed by atoms with Gasteiger partial charge in [0.05, 0.1) is 11.6 Å². The number of nitriles is 1. The molecule has 2 atom stereocenters. The Labute approximate surface area is 72.6 Å². The van der Waals surface area contributed by atoms with Gasteiger partial charge in [0.15, 0.2) is 0 Å². The van der Waals surface area contributed by atoms with Crippen LogP contribution in [0.5, 0.6) is 0 Å². The lowest BCUT2D eigenvalue weighted by Gasteiger charge is -1.99. The third kappa shape index (κ3) is 1.10. The Balaban J connectivity index is 2.38. The summed E-state index contributed by atoms with van der Waals surface area (Å²) in [6.45, 7) is 2.23. The van der Waals surface area contributed by atoms with E-state index in [1.54, 1.807) is 0 Å². The van der Waals surface area contributed by atoms with E-state index in [1.807, 2.05) is 18.2 Å². The van der Waals surface area contributed by atoms with Crippen LogP contribution >= 0.6 is 0 Å². The van der Waals surface area contributed by atoms with Crippen LogP contribution in [0.2, 0.25) is 0 Å². The van der Waals surface area contributed by atoms with Gasteiger partial charge in [0.2, 0.25) is 0 Å². The van der Waals surface area contributed by atoms with E-state index in [-0.39, 0.29) is 0 Å². The summed E-state index contributed by atoms with van der Waals surface area (Å²) in [6, 6.07) is 10.2. The van der Waals surface area contributed by atoms with Crippen LogP contribution in [0.15, 0.2) is 24.3 Å². The van der Waals surface area contributed by atoms with Crippen molar-refractivity contribution >= 4 is 0 Å². The van der Waals surface area contributed by atoms with E-state index in [0.717, 1.165) is 11.5 Å². The topological polar surface area (TPSA) is 23.8 Å². The van der Waals surface area contributed by atoms with Crippen molar-refractivity contribution in [1.29, 1.82) is 5.26 Å². The highest BCUT2D eigenvalue weighted by atomic mass is 14.4. The molecule has 1 aliphatic rings. The zero-order valence-corrected chi connectivity index (χ0v) is 7.12. The van der Waals surface area contributed by atoms with Crippen molar-refractivity contribution in [2.75, 3.05) is 0 Å². The average Bonchev–Trinajstić information content (AvgIpc) is 2.83. The zero-order chi connectivity index (χ0) is 8.55. The second kappa shape index (κ2) is 2.64. The fourth-order valence-corrected chi connectivity index (χ4v) is 1.68. The normalized spacial score (nSPS) is 26.3. The Kier molecular flexibility index (Phi) is 1.62. The summed E-state index contributed by atoms with van der Waals surface area (Å²) >= 11 is 0. The van der Waals surface area contributed by atoms with Crippen molar-refractivity contribution in [3.8, 4) is 6.07 Å². The van der Waals surface area contributed by atoms with Crippen molar-refractivity contribution in [3.05, 3.63) is 35.4 Å². The molecule has 1 saturated carbocycles. The van der Waals surface area contributed by atoms with Crippen molar-refractivity contribution in [2.24, 2.45) is 5.92 Å². The molecule has 0 heterocycles. The summed E-state index contributed by atoms with van der Waals surface area (Å²) in [7, 11) is 0. The van der Waals surface area contributed by atoms with Gasteiger partial charge in [-0.1, -0.05) is 25.1 Å². The number of nitrogens with zero attached hydrogens (tertiary/aromatic N) is 1. The van der Waals surface area contributed by atoms with E-state index >= 15 is 0 Å². The van der Waals surface area contributed by atoms with Crippen LogP contribution in [0.25, 0.3) is 0 Å². The SMILES string of the molecule is C[C@H]1C[C@@H]1c1ccccc1C#N. The second-order valence-electron chi connectivity index (χ2n) is 3.52. The molecule has 0 aromatic heterocycles. The van der Waals surface area contributed by atoms with Gasteiger partial charge < -0.3 is 0 Å². The fraction of sp³-hybridized carbons (Fsp3) is 0.364. The molecule has 0 aliphatic heterocycles. The quantitative estimate of drug-likeness (QED) is 0.614. The number of hydrogen-bond acceptors (Lipinski definition) is 1. The van der Waals surface area contributed by atoms with E-state index in [1.165, 1.54) is 12.0 Å². The molecule has 0 saturated heterocycles. The minimum atomic E-state index is 0.654. The predicted molar refractivity (Wildman–Crippen MR) is 47.7 cm³/mol. The van der Waals surface area contributed by atoms with E-state index in [4.69, 9.17) is 5.26 Å². The van der Waals surface area contributed by atoms with Crippen molar-refractivity contribution in [3.63, 3.8) is 0 Å². The van der Waals surface area contributed by atoms with Crippen LogP contribution < -0.4 is 0 Å².